The van der Waals surface area contributed by atoms with E-state index in [0.29, 0.717) is 11.4 Å². The van der Waals surface area contributed by atoms with E-state index in [-0.39, 0.29) is 11.9 Å². The van der Waals surface area contributed by atoms with Crippen LogP contribution in [-0.2, 0) is 11.0 Å². The van der Waals surface area contributed by atoms with Crippen LogP contribution in [-0.4, -0.2) is 13.0 Å². The zero-order chi connectivity index (χ0) is 20.6. The first-order valence-corrected chi connectivity index (χ1v) is 9.09. The number of alkyl halides is 3. The summed E-state index contributed by atoms with van der Waals surface area (Å²) in [7, 11) is 1.57. The van der Waals surface area contributed by atoms with Gasteiger partial charge in [0.05, 0.1) is 24.6 Å². The van der Waals surface area contributed by atoms with Gasteiger partial charge in [-0.25, -0.2) is 0 Å². The number of rotatable bonds is 4. The Balaban J connectivity index is 1.73. The molecule has 0 radical (unpaired) electrons. The van der Waals surface area contributed by atoms with E-state index in [4.69, 9.17) is 4.74 Å². The third kappa shape index (κ3) is 3.46. The molecule has 6 heteroatoms. The van der Waals surface area contributed by atoms with Crippen LogP contribution >= 0.6 is 0 Å². The molecule has 0 aliphatic carbocycles. The van der Waals surface area contributed by atoms with Crippen molar-refractivity contribution in [2.45, 2.75) is 18.1 Å². The van der Waals surface area contributed by atoms with Gasteiger partial charge in [-0.1, -0.05) is 42.5 Å². The SMILES string of the molecule is COc1ccc(C2C(c3ccccc3)C(=O)N2c2ccc(C(F)(F)F)cc2)cc1. The summed E-state index contributed by atoms with van der Waals surface area (Å²) in [5.74, 6) is 0.153. The van der Waals surface area contributed by atoms with Crippen LogP contribution in [0.2, 0.25) is 0 Å². The number of methoxy groups -OCH3 is 1. The van der Waals surface area contributed by atoms with Gasteiger partial charge in [0.1, 0.15) is 5.75 Å². The minimum absolute atomic E-state index is 0.142. The van der Waals surface area contributed by atoms with Crippen LogP contribution in [0.15, 0.2) is 78.9 Å². The van der Waals surface area contributed by atoms with Crippen molar-refractivity contribution in [2.75, 3.05) is 12.0 Å². The molecule has 1 saturated heterocycles. The standard InChI is InChI=1S/C23H18F3NO2/c1-29-19-13-7-16(8-14-19)21-20(15-5-3-2-4-6-15)22(28)27(21)18-11-9-17(10-12-18)23(24,25)26/h2-14,20-21H,1H3. The Morgan fingerprint density at radius 3 is 2.00 bits per heavy atom. The van der Waals surface area contributed by atoms with E-state index < -0.39 is 17.7 Å². The third-order valence-electron chi connectivity index (χ3n) is 5.19. The van der Waals surface area contributed by atoms with Crippen LogP contribution in [0.4, 0.5) is 18.9 Å². The highest BCUT2D eigenvalue weighted by molar-refractivity contribution is 6.06. The molecule has 0 spiro atoms. The van der Waals surface area contributed by atoms with Crippen LogP contribution in [0.25, 0.3) is 0 Å². The summed E-state index contributed by atoms with van der Waals surface area (Å²) in [6, 6.07) is 21.2. The minimum atomic E-state index is -4.42. The van der Waals surface area contributed by atoms with Gasteiger partial charge in [-0.05, 0) is 47.5 Å². The average molecular weight is 397 g/mol. The van der Waals surface area contributed by atoms with Gasteiger partial charge in [-0.2, -0.15) is 13.2 Å². The summed E-state index contributed by atoms with van der Waals surface area (Å²) in [4.78, 5) is 14.6. The molecule has 29 heavy (non-hydrogen) atoms. The summed E-state index contributed by atoms with van der Waals surface area (Å²) in [5, 5.41) is 0. The van der Waals surface area contributed by atoms with E-state index in [1.54, 1.807) is 12.0 Å². The first-order valence-electron chi connectivity index (χ1n) is 9.09. The molecule has 3 aromatic rings. The van der Waals surface area contributed by atoms with E-state index in [1.807, 2.05) is 54.6 Å². The number of benzene rings is 3. The predicted molar refractivity (Wildman–Crippen MR) is 104 cm³/mol. The monoisotopic (exact) mass is 397 g/mol. The zero-order valence-electron chi connectivity index (χ0n) is 15.6. The van der Waals surface area contributed by atoms with E-state index in [9.17, 15) is 18.0 Å². The highest BCUT2D eigenvalue weighted by Gasteiger charge is 2.49. The Hall–Kier alpha value is -3.28. The molecule has 1 amide bonds. The first kappa shape index (κ1) is 19.1. The lowest BCUT2D eigenvalue weighted by atomic mass is 9.77. The molecule has 0 aromatic heterocycles. The highest BCUT2D eigenvalue weighted by atomic mass is 19.4. The molecule has 2 atom stereocenters. The third-order valence-corrected chi connectivity index (χ3v) is 5.19. The fourth-order valence-corrected chi connectivity index (χ4v) is 3.72. The van der Waals surface area contributed by atoms with Crippen LogP contribution in [0.1, 0.15) is 28.7 Å². The number of anilines is 1. The molecule has 0 saturated carbocycles. The normalized spacial score (nSPS) is 19.0. The van der Waals surface area contributed by atoms with Crippen LogP contribution in [0.3, 0.4) is 0 Å². The van der Waals surface area contributed by atoms with Gasteiger partial charge >= 0.3 is 6.18 Å². The average Bonchev–Trinajstić information content (AvgIpc) is 2.72. The van der Waals surface area contributed by atoms with Gasteiger partial charge in [0.15, 0.2) is 0 Å². The van der Waals surface area contributed by atoms with Crippen molar-refractivity contribution in [3.63, 3.8) is 0 Å². The van der Waals surface area contributed by atoms with Crippen molar-refractivity contribution in [2.24, 2.45) is 0 Å². The lowest BCUT2D eigenvalue weighted by molar-refractivity contribution is -0.137. The molecule has 2 unspecified atom stereocenters. The Labute approximate surface area is 166 Å². The number of hydrogen-bond donors (Lipinski definition) is 0. The Morgan fingerprint density at radius 1 is 0.828 bits per heavy atom. The van der Waals surface area contributed by atoms with Crippen LogP contribution in [0.5, 0.6) is 5.75 Å². The molecule has 1 fully saturated rings. The summed E-state index contributed by atoms with van der Waals surface area (Å²) in [5.41, 5.74) is 1.46. The van der Waals surface area contributed by atoms with Crippen molar-refractivity contribution >= 4 is 11.6 Å². The number of nitrogens with zero attached hydrogens (tertiary/aromatic N) is 1. The van der Waals surface area contributed by atoms with Crippen molar-refractivity contribution in [1.82, 2.24) is 0 Å². The van der Waals surface area contributed by atoms with E-state index >= 15 is 0 Å². The van der Waals surface area contributed by atoms with Gasteiger partial charge in [0.25, 0.3) is 0 Å². The fraction of sp³-hybridized carbons (Fsp3) is 0.174. The van der Waals surface area contributed by atoms with E-state index in [0.717, 1.165) is 23.3 Å². The number of ether oxygens (including phenoxy) is 1. The van der Waals surface area contributed by atoms with Gasteiger partial charge in [0, 0.05) is 5.69 Å². The zero-order valence-corrected chi connectivity index (χ0v) is 15.6. The Kier molecular flexibility index (Phi) is 4.78. The maximum Gasteiger partial charge on any atom is 0.416 e. The molecular formula is C23H18F3NO2. The topological polar surface area (TPSA) is 29.5 Å². The van der Waals surface area contributed by atoms with Crippen molar-refractivity contribution in [3.8, 4) is 5.75 Å². The lowest BCUT2D eigenvalue weighted by Crippen LogP contribution is -2.53. The molecule has 0 N–H and O–H groups in total. The van der Waals surface area contributed by atoms with Gasteiger partial charge < -0.3 is 9.64 Å². The second-order valence-corrected chi connectivity index (χ2v) is 6.86. The van der Waals surface area contributed by atoms with Crippen molar-refractivity contribution in [3.05, 3.63) is 95.6 Å². The second-order valence-electron chi connectivity index (χ2n) is 6.86. The van der Waals surface area contributed by atoms with Crippen molar-refractivity contribution in [1.29, 1.82) is 0 Å². The molecule has 3 nitrogen and oxygen atoms in total. The Morgan fingerprint density at radius 2 is 1.45 bits per heavy atom. The van der Waals surface area contributed by atoms with Gasteiger partial charge in [0.2, 0.25) is 5.91 Å². The summed E-state index contributed by atoms with van der Waals surface area (Å²) < 4.78 is 43.9. The maximum atomic E-state index is 13.0. The number of hydrogen-bond acceptors (Lipinski definition) is 2. The molecule has 4 rings (SSSR count). The highest BCUT2D eigenvalue weighted by Crippen LogP contribution is 2.49. The van der Waals surface area contributed by atoms with Gasteiger partial charge in [-0.15, -0.1) is 0 Å². The summed E-state index contributed by atoms with van der Waals surface area (Å²) in [6.07, 6.45) is -4.42. The minimum Gasteiger partial charge on any atom is -0.497 e. The molecule has 148 valence electrons. The predicted octanol–water partition coefficient (Wildman–Crippen LogP) is 5.59. The molecule has 1 aliphatic rings. The largest absolute Gasteiger partial charge is 0.497 e. The smallest absolute Gasteiger partial charge is 0.416 e. The summed E-state index contributed by atoms with van der Waals surface area (Å²) in [6.45, 7) is 0. The van der Waals surface area contributed by atoms with Crippen LogP contribution in [0, 0.1) is 0 Å². The number of carbonyl (C=O) groups is 1. The molecule has 3 aromatic carbocycles. The van der Waals surface area contributed by atoms with Crippen molar-refractivity contribution < 1.29 is 22.7 Å². The second kappa shape index (κ2) is 7.28. The molecule has 1 heterocycles. The lowest BCUT2D eigenvalue weighted by Gasteiger charge is -2.47. The summed E-state index contributed by atoms with van der Waals surface area (Å²) >= 11 is 0. The molecule has 0 bridgehead atoms. The quantitative estimate of drug-likeness (QED) is 0.538. The van der Waals surface area contributed by atoms with E-state index in [1.165, 1.54) is 12.1 Å². The number of carbonyl (C=O) groups excluding carboxylic acids is 1. The first-order chi connectivity index (χ1) is 13.9. The maximum absolute atomic E-state index is 13.0. The molecular weight excluding hydrogens is 379 g/mol. The van der Waals surface area contributed by atoms with E-state index in [2.05, 4.69) is 0 Å². The molecule has 1 aliphatic heterocycles. The fourth-order valence-electron chi connectivity index (χ4n) is 3.72. The van der Waals surface area contributed by atoms with Gasteiger partial charge in [-0.3, -0.25) is 4.79 Å². The number of halogens is 3. The number of β-lactam (4-membered cyclic amide) rings is 1. The van der Waals surface area contributed by atoms with Crippen LogP contribution < -0.4 is 9.64 Å². The number of amides is 1. The Bertz CT molecular complexity index is 999.